The zero-order chi connectivity index (χ0) is 67.9. The second-order valence-electron chi connectivity index (χ2n) is 27.1. The molecular formula is C73H142O17P2. The van der Waals surface area contributed by atoms with Crippen molar-refractivity contribution in [2.24, 2.45) is 11.8 Å². The minimum absolute atomic E-state index is 0.105. The molecule has 0 aliphatic rings. The van der Waals surface area contributed by atoms with Gasteiger partial charge in [-0.1, -0.05) is 324 Å². The monoisotopic (exact) mass is 1350 g/mol. The third kappa shape index (κ3) is 65.4. The molecular weight excluding hydrogens is 1210 g/mol. The summed E-state index contributed by atoms with van der Waals surface area (Å²) < 4.78 is 68.4. The lowest BCUT2D eigenvalue weighted by Crippen LogP contribution is -2.30. The fourth-order valence-electron chi connectivity index (χ4n) is 11.1. The van der Waals surface area contributed by atoms with Gasteiger partial charge in [0.25, 0.3) is 0 Å². The van der Waals surface area contributed by atoms with Crippen LogP contribution in [0.5, 0.6) is 0 Å². The van der Waals surface area contributed by atoms with Crippen molar-refractivity contribution in [3.63, 3.8) is 0 Å². The van der Waals surface area contributed by atoms with Crippen molar-refractivity contribution < 1.29 is 80.2 Å². The molecule has 17 nitrogen and oxygen atoms in total. The summed E-state index contributed by atoms with van der Waals surface area (Å²) in [7, 11) is -9.90. The summed E-state index contributed by atoms with van der Waals surface area (Å²) in [6.07, 6.45) is 51.2. The van der Waals surface area contributed by atoms with E-state index in [1.165, 1.54) is 193 Å². The van der Waals surface area contributed by atoms with Gasteiger partial charge in [0.15, 0.2) is 12.2 Å². The van der Waals surface area contributed by atoms with E-state index < -0.39 is 97.5 Å². The quantitative estimate of drug-likeness (QED) is 0.0222. The van der Waals surface area contributed by atoms with E-state index >= 15 is 0 Å². The van der Waals surface area contributed by atoms with Gasteiger partial charge in [0.1, 0.15) is 19.3 Å². The van der Waals surface area contributed by atoms with Gasteiger partial charge < -0.3 is 33.8 Å². The maximum absolute atomic E-state index is 13.1. The highest BCUT2D eigenvalue weighted by Gasteiger charge is 2.30. The van der Waals surface area contributed by atoms with E-state index in [2.05, 4.69) is 41.5 Å². The van der Waals surface area contributed by atoms with Gasteiger partial charge in [0.05, 0.1) is 26.4 Å². The number of ether oxygens (including phenoxy) is 4. The lowest BCUT2D eigenvalue weighted by molar-refractivity contribution is -0.161. The molecule has 0 aliphatic heterocycles. The molecule has 19 heteroatoms. The Kier molecular flexibility index (Phi) is 63.7. The lowest BCUT2D eigenvalue weighted by atomic mass is 9.99. The van der Waals surface area contributed by atoms with E-state index in [0.717, 1.165) is 102 Å². The van der Waals surface area contributed by atoms with Gasteiger partial charge in [-0.15, -0.1) is 0 Å². The molecule has 0 saturated heterocycles. The van der Waals surface area contributed by atoms with Crippen LogP contribution in [0.1, 0.15) is 375 Å². The van der Waals surface area contributed by atoms with Gasteiger partial charge in [-0.25, -0.2) is 9.13 Å². The number of hydrogen-bond acceptors (Lipinski definition) is 15. The molecule has 6 atom stereocenters. The third-order valence-electron chi connectivity index (χ3n) is 17.3. The van der Waals surface area contributed by atoms with E-state index in [4.69, 9.17) is 37.0 Å². The Morgan fingerprint density at radius 3 is 0.826 bits per heavy atom. The summed E-state index contributed by atoms with van der Waals surface area (Å²) in [5.74, 6) is -0.593. The molecule has 3 unspecified atom stereocenters. The largest absolute Gasteiger partial charge is 0.472 e. The first-order valence-electron chi connectivity index (χ1n) is 38.0. The maximum Gasteiger partial charge on any atom is 0.472 e. The van der Waals surface area contributed by atoms with Crippen molar-refractivity contribution in [1.82, 2.24) is 0 Å². The molecule has 3 N–H and O–H groups in total. The molecule has 0 rings (SSSR count). The minimum atomic E-state index is -4.95. The molecule has 0 fully saturated rings. The predicted octanol–water partition coefficient (Wildman–Crippen LogP) is 21.2. The lowest BCUT2D eigenvalue weighted by Gasteiger charge is -2.21. The van der Waals surface area contributed by atoms with Gasteiger partial charge in [-0.3, -0.25) is 37.3 Å². The molecule has 546 valence electrons. The number of carbonyl (C=O) groups excluding carboxylic acids is 4. The number of phosphoric acid groups is 2. The molecule has 0 bridgehead atoms. The second kappa shape index (κ2) is 65.0. The molecule has 0 spiro atoms. The van der Waals surface area contributed by atoms with E-state index in [0.29, 0.717) is 25.7 Å². The summed E-state index contributed by atoms with van der Waals surface area (Å²) in [5, 5.41) is 10.6. The Morgan fingerprint density at radius 1 is 0.315 bits per heavy atom. The average molecular weight is 1350 g/mol. The number of unbranched alkanes of at least 4 members (excludes halogenated alkanes) is 41. The van der Waals surface area contributed by atoms with Crippen LogP contribution in [-0.4, -0.2) is 96.7 Å². The smallest absolute Gasteiger partial charge is 0.462 e. The SMILES string of the molecule is CCCCCCCCCCCCCCCCCCCC(=O)O[C@H](COC(=O)CCCCCCCCCCCCC(C)CC)COP(=O)(O)OC[C@@H](O)COP(=O)(O)OC[C@@H](COC(=O)CCCCCCCCCCCC)OC(=O)CCCCCCCCCCC(C)C. The summed E-state index contributed by atoms with van der Waals surface area (Å²) >= 11 is 0. The highest BCUT2D eigenvalue weighted by atomic mass is 31.2. The van der Waals surface area contributed by atoms with Crippen LogP contribution in [-0.2, 0) is 65.4 Å². The van der Waals surface area contributed by atoms with Crippen LogP contribution in [0.4, 0.5) is 0 Å². The van der Waals surface area contributed by atoms with Crippen molar-refractivity contribution in [3.05, 3.63) is 0 Å². The van der Waals surface area contributed by atoms with E-state index in [1.807, 2.05) is 0 Å². The number of aliphatic hydroxyl groups excluding tert-OH is 1. The molecule has 0 heterocycles. The normalized spacial score (nSPS) is 14.4. The van der Waals surface area contributed by atoms with Crippen molar-refractivity contribution in [2.75, 3.05) is 39.6 Å². The first kappa shape index (κ1) is 90.1. The van der Waals surface area contributed by atoms with Crippen LogP contribution in [0.3, 0.4) is 0 Å². The highest BCUT2D eigenvalue weighted by Crippen LogP contribution is 2.45. The zero-order valence-corrected chi connectivity index (χ0v) is 61.6. The second-order valence-corrected chi connectivity index (χ2v) is 30.0. The number of aliphatic hydroxyl groups is 1. The van der Waals surface area contributed by atoms with Gasteiger partial charge >= 0.3 is 39.5 Å². The number of carbonyl (C=O) groups is 4. The van der Waals surface area contributed by atoms with Crippen molar-refractivity contribution in [1.29, 1.82) is 0 Å². The topological polar surface area (TPSA) is 237 Å². The molecule has 0 saturated carbocycles. The summed E-state index contributed by atoms with van der Waals surface area (Å²) in [5.41, 5.74) is 0. The number of rotatable bonds is 72. The van der Waals surface area contributed by atoms with Crippen molar-refractivity contribution in [2.45, 2.75) is 394 Å². The zero-order valence-electron chi connectivity index (χ0n) is 59.9. The van der Waals surface area contributed by atoms with Crippen LogP contribution in [0, 0.1) is 11.8 Å². The van der Waals surface area contributed by atoms with Crippen LogP contribution in [0.2, 0.25) is 0 Å². The van der Waals surface area contributed by atoms with Gasteiger partial charge in [-0.05, 0) is 37.5 Å². The molecule has 0 aromatic carbocycles. The van der Waals surface area contributed by atoms with E-state index in [-0.39, 0.29) is 25.7 Å². The summed E-state index contributed by atoms with van der Waals surface area (Å²) in [4.78, 5) is 72.7. The van der Waals surface area contributed by atoms with Crippen LogP contribution < -0.4 is 0 Å². The Balaban J connectivity index is 5.24. The van der Waals surface area contributed by atoms with Gasteiger partial charge in [-0.2, -0.15) is 0 Å². The Morgan fingerprint density at radius 2 is 0.554 bits per heavy atom. The van der Waals surface area contributed by atoms with Crippen LogP contribution >= 0.6 is 15.6 Å². The van der Waals surface area contributed by atoms with E-state index in [1.54, 1.807) is 0 Å². The number of hydrogen-bond donors (Lipinski definition) is 3. The molecule has 0 radical (unpaired) electrons. The predicted molar refractivity (Wildman–Crippen MR) is 372 cm³/mol. The fraction of sp³-hybridized carbons (Fsp3) is 0.945. The fourth-order valence-corrected chi connectivity index (χ4v) is 12.7. The van der Waals surface area contributed by atoms with Gasteiger partial charge in [0, 0.05) is 25.7 Å². The number of phosphoric ester groups is 2. The van der Waals surface area contributed by atoms with Gasteiger partial charge in [0.2, 0.25) is 0 Å². The van der Waals surface area contributed by atoms with Crippen molar-refractivity contribution in [3.8, 4) is 0 Å². The third-order valence-corrected chi connectivity index (χ3v) is 19.2. The number of esters is 4. The standard InChI is InChI=1S/C73H142O17P2/c1-7-10-12-14-16-18-20-21-22-23-24-25-26-32-39-45-51-57-72(77)89-68(61-84-71(76)56-50-44-38-31-28-27-29-36-42-48-54-66(6)9-3)63-87-91(79,80)85-59-67(74)60-86-92(81,82)88-64-69(62-83-70(75)55-49-43-37-30-19-17-15-13-11-8-2)90-73(78)58-52-46-40-34-33-35-41-47-53-65(4)5/h65-69,74H,7-64H2,1-6H3,(H,79,80)(H,81,82)/t66?,67-,68-,69-/m1/s1. The average Bonchev–Trinajstić information content (AvgIpc) is 3.73. The Hall–Kier alpha value is -1.94. The highest BCUT2D eigenvalue weighted by molar-refractivity contribution is 7.47. The van der Waals surface area contributed by atoms with Crippen molar-refractivity contribution >= 4 is 39.5 Å². The first-order valence-corrected chi connectivity index (χ1v) is 41.0. The molecule has 0 aliphatic carbocycles. The van der Waals surface area contributed by atoms with Crippen LogP contribution in [0.25, 0.3) is 0 Å². The molecule has 92 heavy (non-hydrogen) atoms. The maximum atomic E-state index is 13.1. The molecule has 0 aromatic rings. The summed E-state index contributed by atoms with van der Waals surface area (Å²) in [6.45, 7) is 9.55. The minimum Gasteiger partial charge on any atom is -0.462 e. The molecule has 0 amide bonds. The first-order chi connectivity index (χ1) is 44.4. The Labute approximate surface area is 562 Å². The summed E-state index contributed by atoms with van der Waals surface area (Å²) in [6, 6.07) is 0. The Bertz CT molecular complexity index is 1790. The van der Waals surface area contributed by atoms with E-state index in [9.17, 15) is 43.2 Å². The molecule has 0 aromatic heterocycles. The van der Waals surface area contributed by atoms with Crippen LogP contribution in [0.15, 0.2) is 0 Å².